The van der Waals surface area contributed by atoms with Crippen LogP contribution in [0.25, 0.3) is 28.1 Å². The second-order valence-electron chi connectivity index (χ2n) is 8.09. The molecule has 0 saturated carbocycles. The summed E-state index contributed by atoms with van der Waals surface area (Å²) in [6.07, 6.45) is 3.48. The van der Waals surface area contributed by atoms with Crippen LogP contribution in [0.4, 0.5) is 10.2 Å². The number of rotatable bonds is 5. The van der Waals surface area contributed by atoms with E-state index in [2.05, 4.69) is 30.5 Å². The van der Waals surface area contributed by atoms with Crippen LogP contribution in [0.15, 0.2) is 53.7 Å². The Hall–Kier alpha value is -4.58. The fourth-order valence-electron chi connectivity index (χ4n) is 4.28. The van der Waals surface area contributed by atoms with Gasteiger partial charge < -0.3 is 20.0 Å². The first-order valence-electron chi connectivity index (χ1n) is 10.9. The average molecular weight is 506 g/mol. The van der Waals surface area contributed by atoms with Gasteiger partial charge in [-0.3, -0.25) is 4.79 Å². The highest BCUT2D eigenvalue weighted by Gasteiger charge is 2.25. The molecule has 180 valence electrons. The summed E-state index contributed by atoms with van der Waals surface area (Å²) in [5.41, 5.74) is 8.56. The molecule has 6 rings (SSSR count). The smallest absolute Gasteiger partial charge is 0.252 e. The Bertz CT molecular complexity index is 1660. The number of halogens is 2. The van der Waals surface area contributed by atoms with Gasteiger partial charge in [-0.05, 0) is 40.8 Å². The molecular weight excluding hydrogens is 489 g/mol. The third kappa shape index (κ3) is 3.77. The van der Waals surface area contributed by atoms with E-state index in [9.17, 15) is 9.18 Å². The minimum Gasteiger partial charge on any atom is -0.491 e. The lowest BCUT2D eigenvalue weighted by Crippen LogP contribution is -2.23. The summed E-state index contributed by atoms with van der Waals surface area (Å²) in [4.78, 5) is 24.4. The van der Waals surface area contributed by atoms with Crippen LogP contribution in [0.2, 0.25) is 5.02 Å². The number of fused-ring (bicyclic) bond motifs is 1. The topological polar surface area (TPSA) is 142 Å². The first-order valence-corrected chi connectivity index (χ1v) is 11.2. The van der Waals surface area contributed by atoms with Crippen molar-refractivity contribution in [2.24, 2.45) is 0 Å². The summed E-state index contributed by atoms with van der Waals surface area (Å²) in [7, 11) is 0. The zero-order valence-electron chi connectivity index (χ0n) is 18.5. The Morgan fingerprint density at radius 2 is 2.06 bits per heavy atom. The van der Waals surface area contributed by atoms with Gasteiger partial charge in [-0.1, -0.05) is 11.6 Å². The van der Waals surface area contributed by atoms with Gasteiger partial charge in [-0.15, -0.1) is 5.10 Å². The van der Waals surface area contributed by atoms with E-state index in [1.165, 1.54) is 35.4 Å². The van der Waals surface area contributed by atoms with Crippen molar-refractivity contribution in [2.45, 2.75) is 13.0 Å². The number of hydrogen-bond acceptors (Lipinski definition) is 8. The number of aromatic nitrogens is 8. The van der Waals surface area contributed by atoms with Crippen molar-refractivity contribution < 1.29 is 9.13 Å². The maximum absolute atomic E-state index is 14.3. The van der Waals surface area contributed by atoms with E-state index in [4.69, 9.17) is 22.1 Å². The van der Waals surface area contributed by atoms with Crippen LogP contribution >= 0.6 is 11.6 Å². The van der Waals surface area contributed by atoms with Gasteiger partial charge in [0.25, 0.3) is 5.56 Å². The number of nitrogens with two attached hydrogens (primary N) is 1. The number of benzene rings is 1. The fourth-order valence-corrected chi connectivity index (χ4v) is 4.46. The minimum absolute atomic E-state index is 0.0844. The van der Waals surface area contributed by atoms with Crippen LogP contribution in [0, 0.1) is 5.95 Å². The van der Waals surface area contributed by atoms with Gasteiger partial charge in [0.1, 0.15) is 23.7 Å². The molecule has 0 fully saturated rings. The molecule has 11 nitrogen and oxygen atoms in total. The van der Waals surface area contributed by atoms with E-state index in [1.54, 1.807) is 22.8 Å². The summed E-state index contributed by atoms with van der Waals surface area (Å²) in [5, 5.41) is 11.9. The van der Waals surface area contributed by atoms with Gasteiger partial charge in [0, 0.05) is 28.6 Å². The zero-order valence-corrected chi connectivity index (χ0v) is 19.3. The maximum Gasteiger partial charge on any atom is 0.252 e. The van der Waals surface area contributed by atoms with Gasteiger partial charge in [-0.2, -0.15) is 9.07 Å². The van der Waals surface area contributed by atoms with Crippen molar-refractivity contribution in [3.05, 3.63) is 81.8 Å². The van der Waals surface area contributed by atoms with E-state index in [0.29, 0.717) is 52.1 Å². The van der Waals surface area contributed by atoms with Crippen molar-refractivity contribution in [2.75, 3.05) is 12.3 Å². The molecule has 0 unspecified atom stereocenters. The molecule has 5 aromatic rings. The van der Waals surface area contributed by atoms with Crippen LogP contribution in [0.5, 0.6) is 5.75 Å². The van der Waals surface area contributed by atoms with Gasteiger partial charge in [0.2, 0.25) is 5.95 Å². The van der Waals surface area contributed by atoms with Crippen molar-refractivity contribution in [1.29, 1.82) is 0 Å². The SMILES string of the molecule is Nc1ccc(-c2cnc(Cn3c4c(c(-c5cc(Cl)ccc5-n5cnnn5)cc3=O)OCC4)[nH]2)c(F)n1. The molecule has 0 aliphatic carbocycles. The van der Waals surface area contributed by atoms with Gasteiger partial charge >= 0.3 is 0 Å². The number of hydrogen-bond donors (Lipinski definition) is 2. The largest absolute Gasteiger partial charge is 0.491 e. The Morgan fingerprint density at radius 3 is 2.86 bits per heavy atom. The molecule has 3 N–H and O–H groups in total. The average Bonchev–Trinajstić information content (AvgIpc) is 3.63. The molecular formula is C23H17ClFN9O2. The summed E-state index contributed by atoms with van der Waals surface area (Å²) < 4.78 is 23.3. The Morgan fingerprint density at radius 1 is 1.17 bits per heavy atom. The molecule has 0 spiro atoms. The molecule has 0 atom stereocenters. The lowest BCUT2D eigenvalue weighted by atomic mass is 10.0. The van der Waals surface area contributed by atoms with Crippen LogP contribution in [0.1, 0.15) is 11.5 Å². The quantitative estimate of drug-likeness (QED) is 0.347. The van der Waals surface area contributed by atoms with Crippen molar-refractivity contribution >= 4 is 17.4 Å². The van der Waals surface area contributed by atoms with E-state index in [0.717, 1.165) is 5.69 Å². The Kier molecular flexibility index (Phi) is 5.22. The third-order valence-corrected chi connectivity index (χ3v) is 6.13. The van der Waals surface area contributed by atoms with Gasteiger partial charge in [0.15, 0.2) is 0 Å². The molecule has 5 heterocycles. The number of pyridine rings is 2. The number of aromatic amines is 1. The monoisotopic (exact) mass is 505 g/mol. The molecule has 0 radical (unpaired) electrons. The third-order valence-electron chi connectivity index (χ3n) is 5.89. The summed E-state index contributed by atoms with van der Waals surface area (Å²) in [5.74, 6) is 0.427. The number of H-pyrrole nitrogens is 1. The molecule has 13 heteroatoms. The number of nitrogens with zero attached hydrogens (tertiary/aromatic N) is 7. The van der Waals surface area contributed by atoms with Crippen LogP contribution in [-0.4, -0.2) is 46.3 Å². The lowest BCUT2D eigenvalue weighted by molar-refractivity contribution is 0.358. The van der Waals surface area contributed by atoms with Gasteiger partial charge in [-0.25, -0.2) is 9.97 Å². The highest BCUT2D eigenvalue weighted by Crippen LogP contribution is 2.39. The lowest BCUT2D eigenvalue weighted by Gasteiger charge is -2.16. The fraction of sp³-hybridized carbons (Fsp3) is 0.130. The van der Waals surface area contributed by atoms with Crippen LogP contribution in [-0.2, 0) is 13.0 Å². The summed E-state index contributed by atoms with van der Waals surface area (Å²) in [6.45, 7) is 0.558. The molecule has 0 saturated heterocycles. The molecule has 1 aliphatic heterocycles. The normalized spacial score (nSPS) is 12.5. The van der Waals surface area contributed by atoms with Crippen LogP contribution in [0.3, 0.4) is 0 Å². The molecule has 0 bridgehead atoms. The second-order valence-corrected chi connectivity index (χ2v) is 8.53. The molecule has 1 aromatic carbocycles. The van der Waals surface area contributed by atoms with Gasteiger partial charge in [0.05, 0.1) is 42.0 Å². The van der Waals surface area contributed by atoms with E-state index in [-0.39, 0.29) is 23.5 Å². The number of imidazole rings is 1. The first-order chi connectivity index (χ1) is 17.5. The van der Waals surface area contributed by atoms with E-state index in [1.807, 2.05) is 0 Å². The van der Waals surface area contributed by atoms with E-state index >= 15 is 0 Å². The van der Waals surface area contributed by atoms with Crippen molar-refractivity contribution in [3.63, 3.8) is 0 Å². The number of ether oxygens (including phenoxy) is 1. The Balaban J connectivity index is 1.41. The predicted octanol–water partition coefficient (Wildman–Crippen LogP) is 2.63. The van der Waals surface area contributed by atoms with Crippen molar-refractivity contribution in [3.8, 4) is 33.8 Å². The minimum atomic E-state index is -0.707. The molecule has 0 amide bonds. The summed E-state index contributed by atoms with van der Waals surface area (Å²) in [6, 6.07) is 9.76. The highest BCUT2D eigenvalue weighted by atomic mass is 35.5. The first kappa shape index (κ1) is 21.9. The molecule has 4 aromatic heterocycles. The zero-order chi connectivity index (χ0) is 24.8. The number of tetrazole rings is 1. The number of anilines is 1. The van der Waals surface area contributed by atoms with Crippen LogP contribution < -0.4 is 16.0 Å². The predicted molar refractivity (Wildman–Crippen MR) is 128 cm³/mol. The Labute approximate surface area is 207 Å². The second kappa shape index (κ2) is 8.57. The number of nitrogen functional groups attached to an aromatic ring is 1. The number of nitrogens with one attached hydrogen (secondary N) is 1. The summed E-state index contributed by atoms with van der Waals surface area (Å²) >= 11 is 6.29. The highest BCUT2D eigenvalue weighted by molar-refractivity contribution is 6.31. The maximum atomic E-state index is 14.3. The standard InChI is InChI=1S/C23H17ClFN9O2/c24-12-1-3-17(34-11-28-31-32-34)14(7-12)15-8-21(35)33(18-5-6-36-22(15)18)10-20-27-9-16(29-20)13-2-4-19(26)30-23(13)25/h1-4,7-9,11H,5-6,10H2,(H2,26,30)(H,27,29). The van der Waals surface area contributed by atoms with E-state index < -0.39 is 5.95 Å². The van der Waals surface area contributed by atoms with Crippen molar-refractivity contribution in [1.82, 2.24) is 39.7 Å². The molecule has 36 heavy (non-hydrogen) atoms. The molecule has 1 aliphatic rings.